The van der Waals surface area contributed by atoms with Crippen LogP contribution in [0, 0.1) is 11.3 Å². The van der Waals surface area contributed by atoms with Crippen molar-refractivity contribution in [2.75, 3.05) is 6.54 Å². The van der Waals surface area contributed by atoms with Crippen molar-refractivity contribution < 1.29 is 0 Å². The minimum absolute atomic E-state index is 0.497. The van der Waals surface area contributed by atoms with Crippen LogP contribution in [0.1, 0.15) is 58.8 Å². The van der Waals surface area contributed by atoms with Crippen LogP contribution < -0.4 is 11.1 Å². The molecule has 2 aliphatic rings. The van der Waals surface area contributed by atoms with Gasteiger partial charge in [0.2, 0.25) is 0 Å². The van der Waals surface area contributed by atoms with Gasteiger partial charge in [0.1, 0.15) is 0 Å². The second-order valence-corrected chi connectivity index (χ2v) is 6.49. The smallest absolute Gasteiger partial charge is 0.0121 e. The summed E-state index contributed by atoms with van der Waals surface area (Å²) in [5, 5.41) is 3.93. The molecular weight excluding hydrogens is 196 g/mol. The Morgan fingerprint density at radius 2 is 1.88 bits per heavy atom. The predicted molar refractivity (Wildman–Crippen MR) is 69.4 cm³/mol. The van der Waals surface area contributed by atoms with Gasteiger partial charge < -0.3 is 11.1 Å². The third-order valence-electron chi connectivity index (χ3n) is 4.88. The number of hydrogen-bond donors (Lipinski definition) is 2. The maximum atomic E-state index is 5.90. The summed E-state index contributed by atoms with van der Waals surface area (Å²) in [6, 6.07) is 1.42. The Morgan fingerprint density at radius 3 is 2.50 bits per heavy atom. The van der Waals surface area contributed by atoms with Gasteiger partial charge in [-0.25, -0.2) is 0 Å². The molecule has 3 N–H and O–H groups in total. The molecule has 3 atom stereocenters. The molecular formula is C14H28N2. The third kappa shape index (κ3) is 2.60. The van der Waals surface area contributed by atoms with E-state index in [1.807, 2.05) is 0 Å². The van der Waals surface area contributed by atoms with Gasteiger partial charge in [-0.05, 0) is 43.6 Å². The zero-order valence-corrected chi connectivity index (χ0v) is 11.0. The topological polar surface area (TPSA) is 38.0 Å². The first-order valence-electron chi connectivity index (χ1n) is 7.09. The zero-order chi connectivity index (χ0) is 11.6. The van der Waals surface area contributed by atoms with E-state index in [1.165, 1.54) is 44.9 Å². The molecule has 0 radical (unpaired) electrons. The van der Waals surface area contributed by atoms with Crippen molar-refractivity contribution in [1.82, 2.24) is 5.32 Å². The van der Waals surface area contributed by atoms with Crippen LogP contribution in [0.15, 0.2) is 0 Å². The van der Waals surface area contributed by atoms with E-state index in [-0.39, 0.29) is 0 Å². The minimum atomic E-state index is 0.497. The molecule has 0 spiro atoms. The summed E-state index contributed by atoms with van der Waals surface area (Å²) >= 11 is 0. The van der Waals surface area contributed by atoms with E-state index in [9.17, 15) is 0 Å². The molecule has 0 aromatic rings. The van der Waals surface area contributed by atoms with Crippen LogP contribution in [0.25, 0.3) is 0 Å². The van der Waals surface area contributed by atoms with E-state index in [0.717, 1.165) is 18.5 Å². The summed E-state index contributed by atoms with van der Waals surface area (Å²) < 4.78 is 0. The monoisotopic (exact) mass is 224 g/mol. The Bertz CT molecular complexity index is 225. The molecule has 3 unspecified atom stereocenters. The van der Waals surface area contributed by atoms with Crippen molar-refractivity contribution >= 4 is 0 Å². The highest BCUT2D eigenvalue weighted by molar-refractivity contribution is 4.94. The quantitative estimate of drug-likeness (QED) is 0.773. The lowest BCUT2D eigenvalue weighted by atomic mass is 9.81. The number of hydrogen-bond acceptors (Lipinski definition) is 2. The molecule has 2 nitrogen and oxygen atoms in total. The fraction of sp³-hybridized carbons (Fsp3) is 1.00. The average molecular weight is 224 g/mol. The van der Waals surface area contributed by atoms with E-state index in [4.69, 9.17) is 5.73 Å². The van der Waals surface area contributed by atoms with Crippen LogP contribution in [0.2, 0.25) is 0 Å². The lowest BCUT2D eigenvalue weighted by Gasteiger charge is -2.37. The van der Waals surface area contributed by atoms with Gasteiger partial charge >= 0.3 is 0 Å². The van der Waals surface area contributed by atoms with E-state index in [0.29, 0.717) is 11.5 Å². The van der Waals surface area contributed by atoms with Gasteiger partial charge in [0.15, 0.2) is 0 Å². The van der Waals surface area contributed by atoms with Crippen molar-refractivity contribution in [3.8, 4) is 0 Å². The van der Waals surface area contributed by atoms with Gasteiger partial charge in [0.05, 0.1) is 0 Å². The average Bonchev–Trinajstić information content (AvgIpc) is 2.59. The largest absolute Gasteiger partial charge is 0.330 e. The van der Waals surface area contributed by atoms with Crippen LogP contribution in [0.3, 0.4) is 0 Å². The van der Waals surface area contributed by atoms with Gasteiger partial charge in [0.25, 0.3) is 0 Å². The molecule has 94 valence electrons. The van der Waals surface area contributed by atoms with Gasteiger partial charge in [0, 0.05) is 12.1 Å². The molecule has 2 saturated carbocycles. The molecule has 0 bridgehead atoms. The Hall–Kier alpha value is -0.0800. The molecule has 0 aliphatic heterocycles. The predicted octanol–water partition coefficient (Wildman–Crippen LogP) is 2.67. The molecule has 0 heterocycles. The van der Waals surface area contributed by atoms with Crippen LogP contribution in [-0.2, 0) is 0 Å². The van der Waals surface area contributed by atoms with Crippen LogP contribution >= 0.6 is 0 Å². The molecule has 2 heteroatoms. The summed E-state index contributed by atoms with van der Waals surface area (Å²) in [6.45, 7) is 5.70. The van der Waals surface area contributed by atoms with Crippen molar-refractivity contribution in [2.24, 2.45) is 17.1 Å². The van der Waals surface area contributed by atoms with E-state index in [2.05, 4.69) is 19.2 Å². The van der Waals surface area contributed by atoms with Crippen LogP contribution in [0.5, 0.6) is 0 Å². The maximum Gasteiger partial charge on any atom is 0.0121 e. The van der Waals surface area contributed by atoms with Crippen molar-refractivity contribution in [2.45, 2.75) is 70.9 Å². The summed E-state index contributed by atoms with van der Waals surface area (Å²) in [5.41, 5.74) is 6.39. The normalized spacial score (nSPS) is 38.8. The zero-order valence-electron chi connectivity index (χ0n) is 11.0. The van der Waals surface area contributed by atoms with Gasteiger partial charge in [-0.2, -0.15) is 0 Å². The first-order chi connectivity index (χ1) is 7.63. The third-order valence-corrected chi connectivity index (χ3v) is 4.88. The van der Waals surface area contributed by atoms with Crippen molar-refractivity contribution in [3.63, 3.8) is 0 Å². The highest BCUT2D eigenvalue weighted by Gasteiger charge is 2.37. The molecule has 0 amide bonds. The Morgan fingerprint density at radius 1 is 1.12 bits per heavy atom. The second-order valence-electron chi connectivity index (χ2n) is 6.49. The van der Waals surface area contributed by atoms with Gasteiger partial charge in [-0.1, -0.05) is 33.1 Å². The molecule has 0 aromatic carbocycles. The van der Waals surface area contributed by atoms with Crippen LogP contribution in [0.4, 0.5) is 0 Å². The molecule has 2 fully saturated rings. The number of rotatable bonds is 3. The minimum Gasteiger partial charge on any atom is -0.330 e. The van der Waals surface area contributed by atoms with E-state index >= 15 is 0 Å². The maximum absolute atomic E-state index is 5.90. The van der Waals surface area contributed by atoms with Gasteiger partial charge in [-0.3, -0.25) is 0 Å². The first-order valence-corrected chi connectivity index (χ1v) is 7.09. The molecule has 16 heavy (non-hydrogen) atoms. The summed E-state index contributed by atoms with van der Waals surface area (Å²) in [5.74, 6) is 0.727. The van der Waals surface area contributed by atoms with Gasteiger partial charge in [-0.15, -0.1) is 0 Å². The fourth-order valence-electron chi connectivity index (χ4n) is 3.60. The summed E-state index contributed by atoms with van der Waals surface area (Å²) in [7, 11) is 0. The standard InChI is InChI=1S/C14H28N2/c1-14(2)9-5-8-13(14)16-12-7-4-3-6-11(12)10-15/h11-13,16H,3-10,15H2,1-2H3. The first kappa shape index (κ1) is 12.4. The second kappa shape index (κ2) is 5.05. The number of nitrogens with two attached hydrogens (primary N) is 1. The van der Waals surface area contributed by atoms with Crippen LogP contribution in [-0.4, -0.2) is 18.6 Å². The Balaban J connectivity index is 1.92. The highest BCUT2D eigenvalue weighted by atomic mass is 15.0. The molecule has 0 aromatic heterocycles. The SMILES string of the molecule is CC1(C)CCCC1NC1CCCCC1CN. The Kier molecular flexibility index (Phi) is 3.91. The summed E-state index contributed by atoms with van der Waals surface area (Å²) in [6.07, 6.45) is 9.58. The van der Waals surface area contributed by atoms with Crippen molar-refractivity contribution in [1.29, 1.82) is 0 Å². The molecule has 2 rings (SSSR count). The Labute approximate surface area is 100 Å². The van der Waals surface area contributed by atoms with E-state index < -0.39 is 0 Å². The summed E-state index contributed by atoms with van der Waals surface area (Å²) in [4.78, 5) is 0. The fourth-order valence-corrected chi connectivity index (χ4v) is 3.60. The van der Waals surface area contributed by atoms with E-state index in [1.54, 1.807) is 0 Å². The number of nitrogens with one attached hydrogen (secondary N) is 1. The lowest BCUT2D eigenvalue weighted by Crippen LogP contribution is -2.49. The lowest BCUT2D eigenvalue weighted by molar-refractivity contribution is 0.196. The highest BCUT2D eigenvalue weighted by Crippen LogP contribution is 2.38. The molecule has 0 saturated heterocycles. The molecule has 2 aliphatic carbocycles. The van der Waals surface area contributed by atoms with Crippen molar-refractivity contribution in [3.05, 3.63) is 0 Å².